The molecule has 9 heteroatoms. The first kappa shape index (κ1) is 15.7. The van der Waals surface area contributed by atoms with Gasteiger partial charge in [0.2, 0.25) is 0 Å². The van der Waals surface area contributed by atoms with Gasteiger partial charge in [-0.15, -0.1) is 0 Å². The van der Waals surface area contributed by atoms with Crippen LogP contribution in [0, 0.1) is 15.9 Å². The molecule has 0 spiro atoms. The minimum Gasteiger partial charge on any atom is -0.495 e. The number of benzene rings is 2. The molecule has 22 heavy (non-hydrogen) atoms. The smallest absolute Gasteiger partial charge is 0.292 e. The lowest BCUT2D eigenvalue weighted by Gasteiger charge is -2.11. The van der Waals surface area contributed by atoms with Crippen LogP contribution in [0.25, 0.3) is 0 Å². The molecule has 2 rings (SSSR count). The summed E-state index contributed by atoms with van der Waals surface area (Å²) in [6.45, 7) is 0. The highest BCUT2D eigenvalue weighted by molar-refractivity contribution is 7.92. The predicted molar refractivity (Wildman–Crippen MR) is 76.9 cm³/mol. The van der Waals surface area contributed by atoms with Crippen molar-refractivity contribution < 1.29 is 22.5 Å². The van der Waals surface area contributed by atoms with Crippen molar-refractivity contribution in [2.45, 2.75) is 4.90 Å². The highest BCUT2D eigenvalue weighted by Gasteiger charge is 2.27. The number of nitrogens with one attached hydrogen (secondary N) is 1. The summed E-state index contributed by atoms with van der Waals surface area (Å²) in [7, 11) is -2.92. The lowest BCUT2D eigenvalue weighted by atomic mass is 10.3. The fourth-order valence-corrected chi connectivity index (χ4v) is 3.01. The minimum atomic E-state index is -4.28. The zero-order valence-corrected chi connectivity index (χ0v) is 12.1. The Balaban J connectivity index is 2.50. The second kappa shape index (κ2) is 5.98. The lowest BCUT2D eigenvalue weighted by Crippen LogP contribution is -2.15. The molecule has 0 saturated heterocycles. The molecule has 0 aliphatic carbocycles. The maximum absolute atomic E-state index is 13.1. The van der Waals surface area contributed by atoms with Crippen LogP contribution in [0.5, 0.6) is 5.75 Å². The van der Waals surface area contributed by atoms with Crippen molar-refractivity contribution >= 4 is 21.4 Å². The molecule has 116 valence electrons. The SMILES string of the molecule is COc1ccccc1NS(=O)(=O)c1ccc(F)cc1[N+](=O)[O-]. The standard InChI is InChI=1S/C13H11FN2O5S/c1-21-12-5-3-2-4-10(12)15-22(19,20)13-7-6-9(14)8-11(13)16(17)18/h2-8,15H,1H3. The van der Waals surface area contributed by atoms with Gasteiger partial charge >= 0.3 is 0 Å². The van der Waals surface area contributed by atoms with E-state index in [9.17, 15) is 22.9 Å². The van der Waals surface area contributed by atoms with E-state index in [4.69, 9.17) is 4.74 Å². The molecular weight excluding hydrogens is 315 g/mol. The number of rotatable bonds is 5. The largest absolute Gasteiger partial charge is 0.495 e. The first-order valence-corrected chi connectivity index (χ1v) is 7.43. The summed E-state index contributed by atoms with van der Waals surface area (Å²) in [5.41, 5.74) is -0.731. The Morgan fingerprint density at radius 3 is 2.55 bits per heavy atom. The van der Waals surface area contributed by atoms with Crippen molar-refractivity contribution in [3.8, 4) is 5.75 Å². The number of para-hydroxylation sites is 2. The number of nitro groups is 1. The minimum absolute atomic E-state index is 0.114. The molecule has 1 N–H and O–H groups in total. The van der Waals surface area contributed by atoms with Crippen LogP contribution in [0.15, 0.2) is 47.4 Å². The van der Waals surface area contributed by atoms with Crippen molar-refractivity contribution in [2.24, 2.45) is 0 Å². The van der Waals surface area contributed by atoms with Crippen LogP contribution in [-0.4, -0.2) is 20.5 Å². The van der Waals surface area contributed by atoms with E-state index in [1.54, 1.807) is 12.1 Å². The van der Waals surface area contributed by atoms with Crippen LogP contribution in [0.3, 0.4) is 0 Å². The van der Waals surface area contributed by atoms with Gasteiger partial charge in [-0.05, 0) is 24.3 Å². The van der Waals surface area contributed by atoms with E-state index < -0.39 is 31.3 Å². The van der Waals surface area contributed by atoms with E-state index in [-0.39, 0.29) is 11.4 Å². The highest BCUT2D eigenvalue weighted by atomic mass is 32.2. The maximum atomic E-state index is 13.1. The summed E-state index contributed by atoms with van der Waals surface area (Å²) in [6, 6.07) is 8.39. The molecule has 0 amide bonds. The number of halogens is 1. The fraction of sp³-hybridized carbons (Fsp3) is 0.0769. The monoisotopic (exact) mass is 326 g/mol. The highest BCUT2D eigenvalue weighted by Crippen LogP contribution is 2.30. The number of hydrogen-bond donors (Lipinski definition) is 1. The third kappa shape index (κ3) is 3.14. The van der Waals surface area contributed by atoms with Gasteiger partial charge in [0.05, 0.1) is 23.8 Å². The molecule has 0 bridgehead atoms. The quantitative estimate of drug-likeness (QED) is 0.672. The topological polar surface area (TPSA) is 98.5 Å². The summed E-state index contributed by atoms with van der Waals surface area (Å²) >= 11 is 0. The van der Waals surface area contributed by atoms with E-state index in [0.717, 1.165) is 12.1 Å². The molecule has 0 aliphatic heterocycles. The van der Waals surface area contributed by atoms with E-state index in [0.29, 0.717) is 6.07 Å². The number of nitrogens with zero attached hydrogens (tertiary/aromatic N) is 1. The molecule has 0 radical (unpaired) electrons. The summed E-state index contributed by atoms with van der Waals surface area (Å²) in [6.07, 6.45) is 0. The van der Waals surface area contributed by atoms with Crippen LogP contribution < -0.4 is 9.46 Å². The summed E-state index contributed by atoms with van der Waals surface area (Å²) in [4.78, 5) is 9.33. The number of nitro benzene ring substituents is 1. The molecule has 0 aliphatic rings. The van der Waals surface area contributed by atoms with Crippen LogP contribution in [0.2, 0.25) is 0 Å². The van der Waals surface area contributed by atoms with Crippen LogP contribution in [0.1, 0.15) is 0 Å². The maximum Gasteiger partial charge on any atom is 0.292 e. The van der Waals surface area contributed by atoms with Crippen LogP contribution in [-0.2, 0) is 10.0 Å². The molecule has 0 atom stereocenters. The van der Waals surface area contributed by atoms with Crippen molar-refractivity contribution in [3.05, 3.63) is 58.4 Å². The number of methoxy groups -OCH3 is 1. The third-order valence-electron chi connectivity index (χ3n) is 2.76. The molecule has 0 unspecified atom stereocenters. The molecule has 0 fully saturated rings. The van der Waals surface area contributed by atoms with Crippen LogP contribution in [0.4, 0.5) is 15.8 Å². The number of anilines is 1. The molecular formula is C13H11FN2O5S. The summed E-state index contributed by atoms with van der Waals surface area (Å²) in [5, 5.41) is 10.9. The number of hydrogen-bond acceptors (Lipinski definition) is 5. The van der Waals surface area contributed by atoms with Gasteiger partial charge in [-0.1, -0.05) is 12.1 Å². The van der Waals surface area contributed by atoms with Gasteiger partial charge in [0, 0.05) is 0 Å². The van der Waals surface area contributed by atoms with Crippen molar-refractivity contribution in [1.82, 2.24) is 0 Å². The first-order valence-electron chi connectivity index (χ1n) is 5.95. The van der Waals surface area contributed by atoms with Crippen molar-refractivity contribution in [2.75, 3.05) is 11.8 Å². The van der Waals surface area contributed by atoms with Gasteiger partial charge in [-0.25, -0.2) is 12.8 Å². The fourth-order valence-electron chi connectivity index (χ4n) is 1.79. The van der Waals surface area contributed by atoms with E-state index in [2.05, 4.69) is 4.72 Å². The van der Waals surface area contributed by atoms with Crippen molar-refractivity contribution in [1.29, 1.82) is 0 Å². The van der Waals surface area contributed by atoms with Gasteiger partial charge < -0.3 is 4.74 Å². The first-order chi connectivity index (χ1) is 10.3. The van der Waals surface area contributed by atoms with E-state index >= 15 is 0 Å². The van der Waals surface area contributed by atoms with Crippen LogP contribution >= 0.6 is 0 Å². The average molecular weight is 326 g/mol. The Bertz CT molecular complexity index is 823. The summed E-state index contributed by atoms with van der Waals surface area (Å²) < 4.78 is 44.9. The predicted octanol–water partition coefficient (Wildman–Crippen LogP) is 2.54. The van der Waals surface area contributed by atoms with E-state index in [1.165, 1.54) is 19.2 Å². The summed E-state index contributed by atoms with van der Waals surface area (Å²) in [5.74, 6) is -0.654. The van der Waals surface area contributed by atoms with E-state index in [1.807, 2.05) is 0 Å². The lowest BCUT2D eigenvalue weighted by molar-refractivity contribution is -0.388. The second-order valence-electron chi connectivity index (χ2n) is 4.17. The van der Waals surface area contributed by atoms with Gasteiger partial charge in [0.25, 0.3) is 15.7 Å². The number of sulfonamides is 1. The molecule has 0 aromatic heterocycles. The molecule has 0 saturated carbocycles. The molecule has 7 nitrogen and oxygen atoms in total. The van der Waals surface area contributed by atoms with Gasteiger partial charge in [0.1, 0.15) is 11.6 Å². The zero-order chi connectivity index (χ0) is 16.3. The molecule has 2 aromatic rings. The van der Waals surface area contributed by atoms with Gasteiger partial charge in [0.15, 0.2) is 4.90 Å². The Hall–Kier alpha value is -2.68. The van der Waals surface area contributed by atoms with Crippen molar-refractivity contribution in [3.63, 3.8) is 0 Å². The molecule has 2 aromatic carbocycles. The average Bonchev–Trinajstić information content (AvgIpc) is 2.47. The van der Waals surface area contributed by atoms with Gasteiger partial charge in [-0.2, -0.15) is 0 Å². The number of ether oxygens (including phenoxy) is 1. The Labute approximate surface area is 125 Å². The van der Waals surface area contributed by atoms with Gasteiger partial charge in [-0.3, -0.25) is 14.8 Å². The zero-order valence-electron chi connectivity index (χ0n) is 11.3. The second-order valence-corrected chi connectivity index (χ2v) is 5.83. The Kier molecular flexibility index (Phi) is 4.27. The Morgan fingerprint density at radius 2 is 1.91 bits per heavy atom. The Morgan fingerprint density at radius 1 is 1.23 bits per heavy atom. The molecule has 0 heterocycles. The third-order valence-corrected chi connectivity index (χ3v) is 4.17. The normalized spacial score (nSPS) is 11.0.